The Morgan fingerprint density at radius 1 is 0.444 bits per heavy atom. The maximum absolute atomic E-state index is 13.3. The number of carbonyl (C=O) groups excluding carboxylic acids is 1. The van der Waals surface area contributed by atoms with Crippen molar-refractivity contribution >= 4 is 17.5 Å². The second-order valence-electron chi connectivity index (χ2n) is 17.8. The van der Waals surface area contributed by atoms with E-state index in [1.54, 1.807) is 14.0 Å². The van der Waals surface area contributed by atoms with Crippen molar-refractivity contribution in [2.45, 2.75) is 114 Å². The highest BCUT2D eigenvalue weighted by molar-refractivity contribution is 8.04. The number of benzene rings is 6. The molecule has 2 heterocycles. The van der Waals surface area contributed by atoms with Gasteiger partial charge in [-0.1, -0.05) is 188 Å². The first-order chi connectivity index (χ1) is 35.4. The number of rotatable bonds is 26. The Morgan fingerprint density at radius 3 is 1.19 bits per heavy atom. The van der Waals surface area contributed by atoms with Crippen LogP contribution in [0, 0.1) is 0 Å². The van der Waals surface area contributed by atoms with Gasteiger partial charge in [-0.2, -0.15) is 0 Å². The summed E-state index contributed by atoms with van der Waals surface area (Å²) in [6.45, 7) is 5.29. The van der Waals surface area contributed by atoms with E-state index in [2.05, 4.69) is 0 Å². The molecule has 0 unspecified atom stereocenters. The molecule has 11 nitrogen and oxygen atoms in total. The Balaban J connectivity index is 1.14. The van der Waals surface area contributed by atoms with E-state index in [1.165, 1.54) is 11.8 Å². The van der Waals surface area contributed by atoms with Gasteiger partial charge in [-0.05, 0) is 47.2 Å². The van der Waals surface area contributed by atoms with Gasteiger partial charge < -0.3 is 47.4 Å². The van der Waals surface area contributed by atoms with Gasteiger partial charge in [-0.25, -0.2) is 0 Å². The van der Waals surface area contributed by atoms with Gasteiger partial charge in [0.25, 0.3) is 0 Å². The van der Waals surface area contributed by atoms with E-state index < -0.39 is 60.6 Å². The number of allylic oxidation sites excluding steroid dienone is 2. The molecule has 0 aliphatic carbocycles. The van der Waals surface area contributed by atoms with Crippen LogP contribution >= 0.6 is 11.8 Å². The predicted molar refractivity (Wildman–Crippen MR) is 277 cm³/mol. The molecule has 6 aromatic rings. The van der Waals surface area contributed by atoms with E-state index in [0.29, 0.717) is 11.5 Å². The normalized spacial score (nSPS) is 24.5. The van der Waals surface area contributed by atoms with Crippen LogP contribution in [0.5, 0.6) is 0 Å². The molecule has 0 aromatic heterocycles. The van der Waals surface area contributed by atoms with E-state index in [0.717, 1.165) is 33.4 Å². The van der Waals surface area contributed by atoms with Crippen molar-refractivity contribution in [3.63, 3.8) is 0 Å². The van der Waals surface area contributed by atoms with Crippen LogP contribution in [-0.2, 0) is 91.8 Å². The molecule has 0 amide bonds. The fourth-order valence-corrected chi connectivity index (χ4v) is 10.0. The summed E-state index contributed by atoms with van der Waals surface area (Å²) in [7, 11) is 1.60. The van der Waals surface area contributed by atoms with Gasteiger partial charge >= 0.3 is 0 Å². The number of carbonyl (C=O) groups is 1. The lowest BCUT2D eigenvalue weighted by molar-refractivity contribution is -0.334. The maximum atomic E-state index is 13.3. The van der Waals surface area contributed by atoms with Gasteiger partial charge in [-0.3, -0.25) is 4.79 Å². The molecule has 2 aliphatic heterocycles. The number of hydrogen-bond donors (Lipinski definition) is 0. The third-order valence-corrected chi connectivity index (χ3v) is 14.1. The monoisotopic (exact) mass is 994 g/mol. The molecule has 72 heavy (non-hydrogen) atoms. The molecule has 12 heteroatoms. The number of Topliss-reactive ketones (excluding diaryl/α,β-unsaturated/α-hetero) is 1. The lowest BCUT2D eigenvalue weighted by Gasteiger charge is -2.48. The Bertz CT molecular complexity index is 2490. The molecule has 10 atom stereocenters. The number of hydrogen-bond acceptors (Lipinski definition) is 12. The van der Waals surface area contributed by atoms with Gasteiger partial charge in [0.15, 0.2) is 18.4 Å². The molecule has 6 aromatic carbocycles. The average Bonchev–Trinajstić information content (AvgIpc) is 3.43. The van der Waals surface area contributed by atoms with Crippen molar-refractivity contribution in [2.75, 3.05) is 20.3 Å². The first-order valence-corrected chi connectivity index (χ1v) is 25.5. The molecular weight excluding hydrogens is 929 g/mol. The van der Waals surface area contributed by atoms with Crippen LogP contribution in [0.25, 0.3) is 0 Å². The summed E-state index contributed by atoms with van der Waals surface area (Å²) >= 11 is 1.36. The topological polar surface area (TPSA) is 109 Å². The van der Waals surface area contributed by atoms with Crippen molar-refractivity contribution in [1.29, 1.82) is 0 Å². The quantitative estimate of drug-likeness (QED) is 0.0483. The first kappa shape index (κ1) is 53.0. The van der Waals surface area contributed by atoms with Crippen LogP contribution in [-0.4, -0.2) is 86.7 Å². The Morgan fingerprint density at radius 2 is 0.792 bits per heavy atom. The molecule has 2 fully saturated rings. The molecular formula is C60H66O11S. The molecule has 0 spiro atoms. The third kappa shape index (κ3) is 15.4. The van der Waals surface area contributed by atoms with Gasteiger partial charge in [0, 0.05) is 12.0 Å². The highest BCUT2D eigenvalue weighted by Gasteiger charge is 2.52. The zero-order valence-corrected chi connectivity index (χ0v) is 42.0. The van der Waals surface area contributed by atoms with Crippen LogP contribution in [0.4, 0.5) is 0 Å². The molecule has 0 bridgehead atoms. The van der Waals surface area contributed by atoms with Crippen molar-refractivity contribution in [2.24, 2.45) is 0 Å². The predicted octanol–water partition coefficient (Wildman–Crippen LogP) is 10.8. The summed E-state index contributed by atoms with van der Waals surface area (Å²) in [5.74, 6) is -0.0917. The van der Waals surface area contributed by atoms with E-state index in [4.69, 9.17) is 47.4 Å². The summed E-state index contributed by atoms with van der Waals surface area (Å²) < 4.78 is 68.1. The van der Waals surface area contributed by atoms with E-state index in [9.17, 15) is 4.79 Å². The molecule has 2 aliphatic rings. The highest BCUT2D eigenvalue weighted by Crippen LogP contribution is 2.40. The second kappa shape index (κ2) is 28.2. The summed E-state index contributed by atoms with van der Waals surface area (Å²) in [5, 5.41) is -0.618. The zero-order valence-electron chi connectivity index (χ0n) is 41.2. The average molecular weight is 995 g/mol. The van der Waals surface area contributed by atoms with Crippen molar-refractivity contribution < 1.29 is 52.2 Å². The van der Waals surface area contributed by atoms with Gasteiger partial charge in [0.05, 0.1) is 58.1 Å². The van der Waals surface area contributed by atoms with E-state index in [1.807, 2.05) is 195 Å². The van der Waals surface area contributed by atoms with Crippen molar-refractivity contribution in [1.82, 2.24) is 0 Å². The standard InChI is InChI=1S/C60H66O11S/c1-4-52(43(2)61)72-58-56(67-39-48-31-19-9-20-32-48)54(65-37-46-27-15-7-16-28-46)50(41-63-35-44-23-11-5-12-24-44)71-60(58)69-42-51-53(64-36-45-25-13-6-14-26-45)55(66-38-47-29-17-8-18-30-47)57(59(62-3)70-51)68-40-49-33-21-10-22-34-49/h4-34,50-51,53-60H,35-42H2,1-3H3/b52-4-/t50-,51-,53-,54-,55+,56+,57-,58-,59-,60+/m1/s1. The number of thioether (sulfide) groups is 1. The molecule has 2 saturated heterocycles. The van der Waals surface area contributed by atoms with Crippen molar-refractivity contribution in [3.05, 3.63) is 226 Å². The van der Waals surface area contributed by atoms with Crippen molar-refractivity contribution in [3.8, 4) is 0 Å². The molecule has 0 saturated carbocycles. The van der Waals surface area contributed by atoms with Gasteiger partial charge in [-0.15, -0.1) is 11.8 Å². The lowest BCUT2D eigenvalue weighted by Crippen LogP contribution is -2.63. The summed E-state index contributed by atoms with van der Waals surface area (Å²) in [6, 6.07) is 60.0. The van der Waals surface area contributed by atoms with Crippen LogP contribution in [0.3, 0.4) is 0 Å². The second-order valence-corrected chi connectivity index (χ2v) is 19.0. The fourth-order valence-electron chi connectivity index (χ4n) is 8.82. The minimum Gasteiger partial charge on any atom is -0.374 e. The first-order valence-electron chi connectivity index (χ1n) is 24.6. The maximum Gasteiger partial charge on any atom is 0.186 e. The smallest absolute Gasteiger partial charge is 0.186 e. The Hall–Kier alpha value is -5.32. The minimum atomic E-state index is -0.970. The number of ketones is 1. The van der Waals surface area contributed by atoms with E-state index in [-0.39, 0.29) is 52.0 Å². The van der Waals surface area contributed by atoms with Gasteiger partial charge in [0.2, 0.25) is 0 Å². The molecule has 378 valence electrons. The zero-order chi connectivity index (χ0) is 49.7. The molecule has 0 radical (unpaired) electrons. The summed E-state index contributed by atoms with van der Waals surface area (Å²) in [5.41, 5.74) is 5.94. The lowest BCUT2D eigenvalue weighted by atomic mass is 9.97. The third-order valence-electron chi connectivity index (χ3n) is 12.5. The number of ether oxygens (including phenoxy) is 10. The largest absolute Gasteiger partial charge is 0.374 e. The van der Waals surface area contributed by atoms with Crippen LogP contribution in [0.1, 0.15) is 47.2 Å². The van der Waals surface area contributed by atoms with Crippen LogP contribution < -0.4 is 0 Å². The van der Waals surface area contributed by atoms with Crippen LogP contribution in [0.15, 0.2) is 193 Å². The Kier molecular flexibility index (Phi) is 20.8. The van der Waals surface area contributed by atoms with Crippen LogP contribution in [0.2, 0.25) is 0 Å². The summed E-state index contributed by atoms with van der Waals surface area (Å²) in [4.78, 5) is 13.9. The fraction of sp³-hybridized carbons (Fsp3) is 0.350. The van der Waals surface area contributed by atoms with E-state index >= 15 is 0 Å². The summed E-state index contributed by atoms with van der Waals surface area (Å²) in [6.07, 6.45) is -4.90. The van der Waals surface area contributed by atoms with Gasteiger partial charge in [0.1, 0.15) is 42.7 Å². The molecule has 0 N–H and O–H groups in total. The Labute approximate surface area is 428 Å². The SMILES string of the molecule is C/C=C(\S[C@H]1[C@@H](OC[C@H]2O[C@@H](OC)[C@H](OCc3ccccc3)[C@@H](OCc3ccccc3)[C@@H]2OCc2ccccc2)O[C@H](COCc2ccccc2)[C@@H](OCc2ccccc2)[C@@H]1OCc1ccccc1)C(C)=O. The minimum absolute atomic E-state index is 0.0264. The molecule has 8 rings (SSSR count). The number of methoxy groups -OCH3 is 1. The highest BCUT2D eigenvalue weighted by atomic mass is 32.2.